The molecule has 2 aromatic rings. The van der Waals surface area contributed by atoms with Crippen LogP contribution in [0, 0.1) is 11.3 Å². The molecule has 0 saturated carbocycles. The lowest BCUT2D eigenvalue weighted by molar-refractivity contribution is 0.432. The molecular weight excluding hydrogens is 228 g/mol. The average Bonchev–Trinajstić information content (AvgIpc) is 2.67. The van der Waals surface area contributed by atoms with Crippen molar-refractivity contribution in [2.75, 3.05) is 5.73 Å². The zero-order chi connectivity index (χ0) is 13.1. The number of nitrogen functional groups attached to an aromatic ring is 1. The summed E-state index contributed by atoms with van der Waals surface area (Å²) in [6, 6.07) is 8.92. The predicted molar refractivity (Wildman–Crippen MR) is 68.2 cm³/mol. The first kappa shape index (κ1) is 12.0. The van der Waals surface area contributed by atoms with Gasteiger partial charge < -0.3 is 10.5 Å². The van der Waals surface area contributed by atoms with Gasteiger partial charge in [-0.1, -0.05) is 6.92 Å². The van der Waals surface area contributed by atoms with E-state index in [-0.39, 0.29) is 0 Å². The minimum absolute atomic E-state index is 0.525. The van der Waals surface area contributed by atoms with E-state index in [1.54, 1.807) is 36.0 Å². The quantitative estimate of drug-likeness (QED) is 0.895. The van der Waals surface area contributed by atoms with Crippen molar-refractivity contribution >= 4 is 5.69 Å². The number of nitriles is 1. The van der Waals surface area contributed by atoms with Crippen molar-refractivity contribution < 1.29 is 4.74 Å². The molecule has 0 amide bonds. The molecule has 5 nitrogen and oxygen atoms in total. The molecule has 0 fully saturated rings. The fourth-order valence-electron chi connectivity index (χ4n) is 1.67. The van der Waals surface area contributed by atoms with Gasteiger partial charge in [-0.15, -0.1) is 0 Å². The van der Waals surface area contributed by atoms with Gasteiger partial charge in [-0.3, -0.25) is 0 Å². The number of aromatic nitrogens is 2. The molecule has 92 valence electrons. The van der Waals surface area contributed by atoms with Crippen LogP contribution in [0.3, 0.4) is 0 Å². The first-order valence-corrected chi connectivity index (χ1v) is 5.65. The molecule has 5 heteroatoms. The van der Waals surface area contributed by atoms with Crippen LogP contribution in [0.1, 0.15) is 18.2 Å². The molecule has 0 aliphatic rings. The molecule has 1 aromatic heterocycles. The molecule has 0 saturated heterocycles. The Morgan fingerprint density at radius 2 is 2.06 bits per heavy atom. The number of anilines is 1. The molecule has 0 spiro atoms. The first-order valence-electron chi connectivity index (χ1n) is 5.65. The van der Waals surface area contributed by atoms with Crippen LogP contribution in [0.2, 0.25) is 0 Å². The SMILES string of the molecule is CCc1nn(C)c(Oc2ccc(C#N)cc2)c1N. The van der Waals surface area contributed by atoms with Gasteiger partial charge in [-0.05, 0) is 30.7 Å². The number of benzene rings is 1. The van der Waals surface area contributed by atoms with Crippen molar-refractivity contribution in [1.29, 1.82) is 5.26 Å². The van der Waals surface area contributed by atoms with Gasteiger partial charge in [0.05, 0.1) is 17.3 Å². The molecule has 1 aromatic carbocycles. The van der Waals surface area contributed by atoms with Crippen molar-refractivity contribution in [2.45, 2.75) is 13.3 Å². The van der Waals surface area contributed by atoms with Crippen molar-refractivity contribution in [3.63, 3.8) is 0 Å². The number of nitrogens with zero attached hydrogens (tertiary/aromatic N) is 3. The van der Waals surface area contributed by atoms with Gasteiger partial charge in [-0.25, -0.2) is 4.68 Å². The highest BCUT2D eigenvalue weighted by atomic mass is 16.5. The van der Waals surface area contributed by atoms with Gasteiger partial charge in [0.1, 0.15) is 11.4 Å². The van der Waals surface area contributed by atoms with E-state index in [0.717, 1.165) is 12.1 Å². The van der Waals surface area contributed by atoms with Crippen LogP contribution < -0.4 is 10.5 Å². The second kappa shape index (κ2) is 4.80. The van der Waals surface area contributed by atoms with Gasteiger partial charge in [0, 0.05) is 7.05 Å². The summed E-state index contributed by atoms with van der Waals surface area (Å²) in [5.41, 5.74) is 7.93. The lowest BCUT2D eigenvalue weighted by Gasteiger charge is -2.06. The van der Waals surface area contributed by atoms with E-state index >= 15 is 0 Å². The minimum Gasteiger partial charge on any atom is -0.437 e. The average molecular weight is 242 g/mol. The number of rotatable bonds is 3. The molecule has 0 radical (unpaired) electrons. The predicted octanol–water partition coefficient (Wildman–Crippen LogP) is 2.23. The fraction of sp³-hybridized carbons (Fsp3) is 0.231. The molecule has 0 aliphatic heterocycles. The maximum atomic E-state index is 8.72. The standard InChI is InChI=1S/C13H14N4O/c1-3-11-12(15)13(17(2)16-11)18-10-6-4-9(8-14)5-7-10/h4-7H,3,15H2,1-2H3. The van der Waals surface area contributed by atoms with Crippen molar-refractivity contribution in [1.82, 2.24) is 9.78 Å². The van der Waals surface area contributed by atoms with Gasteiger partial charge in [0.2, 0.25) is 5.88 Å². The highest BCUT2D eigenvalue weighted by Gasteiger charge is 2.13. The summed E-state index contributed by atoms with van der Waals surface area (Å²) < 4.78 is 7.31. The van der Waals surface area contributed by atoms with Crippen molar-refractivity contribution in [2.24, 2.45) is 7.05 Å². The van der Waals surface area contributed by atoms with E-state index in [1.165, 1.54) is 0 Å². The molecule has 0 bridgehead atoms. The summed E-state index contributed by atoms with van der Waals surface area (Å²) in [4.78, 5) is 0. The van der Waals surface area contributed by atoms with Crippen molar-refractivity contribution in [3.05, 3.63) is 35.5 Å². The lowest BCUT2D eigenvalue weighted by Crippen LogP contribution is -1.97. The molecule has 2 rings (SSSR count). The molecule has 18 heavy (non-hydrogen) atoms. The number of hydrogen-bond donors (Lipinski definition) is 1. The van der Waals surface area contributed by atoms with Crippen LogP contribution >= 0.6 is 0 Å². The van der Waals surface area contributed by atoms with E-state index < -0.39 is 0 Å². The molecule has 0 unspecified atom stereocenters. The third-order valence-electron chi connectivity index (χ3n) is 2.64. The Morgan fingerprint density at radius 1 is 1.39 bits per heavy atom. The maximum Gasteiger partial charge on any atom is 0.241 e. The summed E-state index contributed by atoms with van der Waals surface area (Å²) in [6.45, 7) is 1.99. The van der Waals surface area contributed by atoms with Crippen LogP contribution in [0.5, 0.6) is 11.6 Å². The maximum absolute atomic E-state index is 8.72. The topological polar surface area (TPSA) is 76.9 Å². The Labute approximate surface area is 105 Å². The van der Waals surface area contributed by atoms with E-state index in [0.29, 0.717) is 22.9 Å². The lowest BCUT2D eigenvalue weighted by atomic mass is 10.2. The second-order valence-corrected chi connectivity index (χ2v) is 3.88. The van der Waals surface area contributed by atoms with E-state index in [2.05, 4.69) is 11.2 Å². The monoisotopic (exact) mass is 242 g/mol. The van der Waals surface area contributed by atoms with Crippen LogP contribution in [0.15, 0.2) is 24.3 Å². The van der Waals surface area contributed by atoms with Gasteiger partial charge >= 0.3 is 0 Å². The van der Waals surface area contributed by atoms with Crippen LogP contribution in [-0.4, -0.2) is 9.78 Å². The largest absolute Gasteiger partial charge is 0.437 e. The van der Waals surface area contributed by atoms with Gasteiger partial charge in [0.25, 0.3) is 0 Å². The zero-order valence-electron chi connectivity index (χ0n) is 10.3. The number of hydrogen-bond acceptors (Lipinski definition) is 4. The zero-order valence-corrected chi connectivity index (χ0v) is 10.3. The Kier molecular flexibility index (Phi) is 3.20. The normalized spacial score (nSPS) is 10.1. The van der Waals surface area contributed by atoms with Crippen LogP contribution in [0.4, 0.5) is 5.69 Å². The van der Waals surface area contributed by atoms with Crippen molar-refractivity contribution in [3.8, 4) is 17.7 Å². The van der Waals surface area contributed by atoms with Gasteiger partial charge in [0.15, 0.2) is 0 Å². The smallest absolute Gasteiger partial charge is 0.241 e. The van der Waals surface area contributed by atoms with E-state index in [4.69, 9.17) is 15.7 Å². The molecule has 1 heterocycles. The third-order valence-corrected chi connectivity index (χ3v) is 2.64. The molecule has 0 aliphatic carbocycles. The summed E-state index contributed by atoms with van der Waals surface area (Å²) in [5, 5.41) is 13.0. The highest BCUT2D eigenvalue weighted by Crippen LogP contribution is 2.29. The Hall–Kier alpha value is -2.48. The second-order valence-electron chi connectivity index (χ2n) is 3.88. The Balaban J connectivity index is 2.28. The Morgan fingerprint density at radius 3 is 2.56 bits per heavy atom. The Bertz CT molecular complexity index is 593. The summed E-state index contributed by atoms with van der Waals surface area (Å²) in [5.74, 6) is 1.16. The van der Waals surface area contributed by atoms with Crippen LogP contribution in [0.25, 0.3) is 0 Å². The highest BCUT2D eigenvalue weighted by molar-refractivity contribution is 5.54. The van der Waals surface area contributed by atoms with E-state index in [1.807, 2.05) is 6.92 Å². The summed E-state index contributed by atoms with van der Waals surface area (Å²) in [6.07, 6.45) is 0.760. The van der Waals surface area contributed by atoms with E-state index in [9.17, 15) is 0 Å². The molecular formula is C13H14N4O. The fourth-order valence-corrected chi connectivity index (χ4v) is 1.67. The van der Waals surface area contributed by atoms with Crippen LogP contribution in [-0.2, 0) is 13.5 Å². The first-order chi connectivity index (χ1) is 8.65. The summed E-state index contributed by atoms with van der Waals surface area (Å²) >= 11 is 0. The number of ether oxygens (including phenoxy) is 1. The number of nitrogens with two attached hydrogens (primary N) is 1. The third kappa shape index (κ3) is 2.13. The molecule has 0 atom stereocenters. The summed E-state index contributed by atoms with van der Waals surface area (Å²) in [7, 11) is 1.79. The van der Waals surface area contributed by atoms with Gasteiger partial charge in [-0.2, -0.15) is 10.4 Å². The molecule has 2 N–H and O–H groups in total. The number of aryl methyl sites for hydroxylation is 2. The minimum atomic E-state index is 0.525.